The van der Waals surface area contributed by atoms with Crippen LogP contribution in [0.15, 0.2) is 60.7 Å². The molecule has 0 amide bonds. The van der Waals surface area contributed by atoms with Gasteiger partial charge in [0.1, 0.15) is 30.5 Å². The van der Waals surface area contributed by atoms with Crippen LogP contribution in [0.2, 0.25) is 0 Å². The van der Waals surface area contributed by atoms with Crippen LogP contribution in [-0.4, -0.2) is 51.4 Å². The molecule has 0 spiro atoms. The van der Waals surface area contributed by atoms with Crippen LogP contribution < -0.4 is 0 Å². The van der Waals surface area contributed by atoms with Crippen molar-refractivity contribution in [3.05, 3.63) is 82.9 Å². The van der Waals surface area contributed by atoms with Crippen LogP contribution in [0.5, 0.6) is 0 Å². The number of aliphatic hydroxyl groups is 4. The molecule has 1 fully saturated rings. The van der Waals surface area contributed by atoms with E-state index in [1.54, 1.807) is 0 Å². The summed E-state index contributed by atoms with van der Waals surface area (Å²) in [6.07, 6.45) is -5.77. The fraction of sp³-hybridized carbons (Fsp3) is 0.360. The first kappa shape index (κ1) is 21.0. The molecular weight excluding hydrogens is 380 g/mol. The Morgan fingerprint density at radius 2 is 1.53 bits per heavy atom. The van der Waals surface area contributed by atoms with Gasteiger partial charge in [-0.3, -0.25) is 0 Å². The van der Waals surface area contributed by atoms with E-state index in [0.717, 1.165) is 11.1 Å². The van der Waals surface area contributed by atoms with E-state index in [0.29, 0.717) is 5.56 Å². The number of hydrogen-bond acceptors (Lipinski definition) is 5. The maximum Gasteiger partial charge on any atom is 0.113 e. The van der Waals surface area contributed by atoms with Gasteiger partial charge in [0.15, 0.2) is 0 Å². The highest BCUT2D eigenvalue weighted by molar-refractivity contribution is 5.69. The monoisotopic (exact) mass is 408 g/mol. The van der Waals surface area contributed by atoms with E-state index in [2.05, 4.69) is 31.2 Å². The van der Waals surface area contributed by atoms with Crippen LogP contribution in [-0.2, 0) is 4.74 Å². The molecule has 1 aliphatic heterocycles. The van der Waals surface area contributed by atoms with Crippen LogP contribution in [0.25, 0.3) is 11.1 Å². The molecule has 2 aliphatic carbocycles. The SMILES string of the molecule is Cc1ccc([C@@H]2O[C@H](CO)[C@@H](O)[C@H](O)[C@H]2O)cc1C(C)c1cc2cccccc-2c1. The molecule has 0 bridgehead atoms. The molecule has 1 unspecified atom stereocenters. The van der Waals surface area contributed by atoms with Gasteiger partial charge in [-0.2, -0.15) is 0 Å². The number of benzene rings is 1. The van der Waals surface area contributed by atoms with Crippen LogP contribution in [0.4, 0.5) is 0 Å². The smallest absolute Gasteiger partial charge is 0.113 e. The quantitative estimate of drug-likeness (QED) is 0.533. The second kappa shape index (κ2) is 8.46. The van der Waals surface area contributed by atoms with E-state index < -0.39 is 37.1 Å². The summed E-state index contributed by atoms with van der Waals surface area (Å²) >= 11 is 0. The second-order valence-electron chi connectivity index (χ2n) is 8.20. The first-order valence-corrected chi connectivity index (χ1v) is 10.3. The molecule has 0 radical (unpaired) electrons. The van der Waals surface area contributed by atoms with Gasteiger partial charge in [0.05, 0.1) is 6.61 Å². The molecule has 4 rings (SSSR count). The van der Waals surface area contributed by atoms with Gasteiger partial charge in [0.2, 0.25) is 0 Å². The van der Waals surface area contributed by atoms with Crippen molar-refractivity contribution in [1.29, 1.82) is 0 Å². The summed E-state index contributed by atoms with van der Waals surface area (Å²) in [6.45, 7) is 3.76. The molecule has 30 heavy (non-hydrogen) atoms. The van der Waals surface area contributed by atoms with Crippen molar-refractivity contribution in [2.45, 2.75) is 50.3 Å². The van der Waals surface area contributed by atoms with Crippen molar-refractivity contribution >= 4 is 0 Å². The lowest BCUT2D eigenvalue weighted by atomic mass is 9.86. The standard InChI is InChI=1S/C25H28O5/c1-14-8-9-18(25-24(29)23(28)22(27)21(13-26)30-25)12-20(14)15(2)19-10-16-6-4-3-5-7-17(16)11-19/h3-12,15,21-29H,13H2,1-2H3/t15?,21-,22-,23+,24-,25+/m1/s1. The topological polar surface area (TPSA) is 90.2 Å². The number of hydrogen-bond donors (Lipinski definition) is 4. The molecule has 1 aromatic carbocycles. The third-order valence-electron chi connectivity index (χ3n) is 6.24. The van der Waals surface area contributed by atoms with Gasteiger partial charge in [0, 0.05) is 5.92 Å². The molecule has 0 saturated carbocycles. The van der Waals surface area contributed by atoms with Crippen molar-refractivity contribution in [2.75, 3.05) is 6.61 Å². The molecule has 5 heteroatoms. The molecule has 5 nitrogen and oxygen atoms in total. The second-order valence-corrected chi connectivity index (χ2v) is 8.20. The molecule has 1 heterocycles. The van der Waals surface area contributed by atoms with Gasteiger partial charge in [-0.15, -0.1) is 0 Å². The lowest BCUT2D eigenvalue weighted by Crippen LogP contribution is -2.55. The van der Waals surface area contributed by atoms with Gasteiger partial charge in [0.25, 0.3) is 0 Å². The number of fused-ring (bicyclic) bond motifs is 1. The number of rotatable bonds is 4. The Kier molecular flexibility index (Phi) is 5.91. The van der Waals surface area contributed by atoms with E-state index in [-0.39, 0.29) is 5.92 Å². The van der Waals surface area contributed by atoms with Crippen molar-refractivity contribution in [2.24, 2.45) is 0 Å². The fourth-order valence-corrected chi connectivity index (χ4v) is 4.35. The molecule has 0 aromatic heterocycles. The Balaban J connectivity index is 1.68. The Bertz CT molecular complexity index is 954. The number of ether oxygens (including phenoxy) is 1. The van der Waals surface area contributed by atoms with Crippen molar-refractivity contribution < 1.29 is 25.2 Å². The highest BCUT2D eigenvalue weighted by Gasteiger charge is 2.44. The minimum absolute atomic E-state index is 0.118. The Morgan fingerprint density at radius 1 is 0.867 bits per heavy atom. The molecule has 1 saturated heterocycles. The molecule has 1 aromatic rings. The number of aryl methyl sites for hydroxylation is 1. The van der Waals surface area contributed by atoms with E-state index in [1.165, 1.54) is 16.7 Å². The molecule has 158 valence electrons. The van der Waals surface area contributed by atoms with Crippen LogP contribution in [0, 0.1) is 6.92 Å². The zero-order chi connectivity index (χ0) is 21.4. The average molecular weight is 408 g/mol. The van der Waals surface area contributed by atoms with Gasteiger partial charge >= 0.3 is 0 Å². The summed E-state index contributed by atoms with van der Waals surface area (Å²) in [6, 6.07) is 20.5. The minimum atomic E-state index is -1.39. The van der Waals surface area contributed by atoms with Gasteiger partial charge in [-0.25, -0.2) is 0 Å². The largest absolute Gasteiger partial charge is 0.394 e. The molecule has 6 atom stereocenters. The third-order valence-corrected chi connectivity index (χ3v) is 6.24. The van der Waals surface area contributed by atoms with Crippen molar-refractivity contribution in [3.63, 3.8) is 0 Å². The summed E-state index contributed by atoms with van der Waals surface area (Å²) in [4.78, 5) is 0. The summed E-state index contributed by atoms with van der Waals surface area (Å²) in [5.74, 6) is 0.118. The Labute approximate surface area is 176 Å². The zero-order valence-electron chi connectivity index (χ0n) is 17.1. The van der Waals surface area contributed by atoms with Gasteiger partial charge < -0.3 is 25.2 Å². The Hall–Kier alpha value is -2.28. The van der Waals surface area contributed by atoms with Gasteiger partial charge in [-0.05, 0) is 40.3 Å². The highest BCUT2D eigenvalue weighted by Crippen LogP contribution is 2.37. The fourth-order valence-electron chi connectivity index (χ4n) is 4.35. The third kappa shape index (κ3) is 3.75. The zero-order valence-corrected chi connectivity index (χ0v) is 17.1. The molecule has 4 N–H and O–H groups in total. The number of aliphatic hydroxyl groups excluding tert-OH is 4. The first-order valence-electron chi connectivity index (χ1n) is 10.3. The minimum Gasteiger partial charge on any atom is -0.394 e. The lowest BCUT2D eigenvalue weighted by Gasteiger charge is -2.40. The van der Waals surface area contributed by atoms with Crippen LogP contribution >= 0.6 is 0 Å². The summed E-state index contributed by atoms with van der Waals surface area (Å²) < 4.78 is 5.75. The highest BCUT2D eigenvalue weighted by atomic mass is 16.5. The normalized spacial score (nSPS) is 27.9. The van der Waals surface area contributed by atoms with Crippen LogP contribution in [0.3, 0.4) is 0 Å². The maximum absolute atomic E-state index is 10.5. The van der Waals surface area contributed by atoms with E-state index >= 15 is 0 Å². The Morgan fingerprint density at radius 3 is 2.17 bits per heavy atom. The van der Waals surface area contributed by atoms with E-state index in [4.69, 9.17) is 4.74 Å². The first-order chi connectivity index (χ1) is 14.4. The van der Waals surface area contributed by atoms with Crippen molar-refractivity contribution in [3.8, 4) is 11.1 Å². The lowest BCUT2D eigenvalue weighted by molar-refractivity contribution is -0.231. The van der Waals surface area contributed by atoms with Gasteiger partial charge in [-0.1, -0.05) is 67.6 Å². The summed E-state index contributed by atoms with van der Waals surface area (Å²) in [5, 5.41) is 40.2. The maximum atomic E-state index is 10.5. The average Bonchev–Trinajstić information content (AvgIpc) is 3.03. The summed E-state index contributed by atoms with van der Waals surface area (Å²) in [5.41, 5.74) is 6.50. The predicted molar refractivity (Wildman–Crippen MR) is 114 cm³/mol. The molecule has 3 aliphatic rings. The summed E-state index contributed by atoms with van der Waals surface area (Å²) in [7, 11) is 0. The molecular formula is C25H28O5. The van der Waals surface area contributed by atoms with E-state index in [9.17, 15) is 20.4 Å². The van der Waals surface area contributed by atoms with Crippen molar-refractivity contribution in [1.82, 2.24) is 0 Å². The van der Waals surface area contributed by atoms with Crippen LogP contribution in [0.1, 0.15) is 41.2 Å². The predicted octanol–water partition coefficient (Wildman–Crippen LogP) is 2.77. The van der Waals surface area contributed by atoms with E-state index in [1.807, 2.05) is 43.3 Å².